The third-order valence-electron chi connectivity index (χ3n) is 4.55. The Bertz CT molecular complexity index is 1130. The molecule has 0 aromatic heterocycles. The van der Waals surface area contributed by atoms with Gasteiger partial charge in [0.05, 0.1) is 11.4 Å². The number of aryl methyl sites for hydroxylation is 2. The number of carbonyl (C=O) groups excluding carboxylic acids is 1. The van der Waals surface area contributed by atoms with Gasteiger partial charge >= 0.3 is 0 Å². The molecule has 30 heavy (non-hydrogen) atoms. The summed E-state index contributed by atoms with van der Waals surface area (Å²) in [5.74, 6) is -0.930. The molecule has 3 aromatic rings. The van der Waals surface area contributed by atoms with E-state index in [-0.39, 0.29) is 18.0 Å². The fraction of sp³-hybridized carbons (Fsp3) is 0.174. The molecule has 0 saturated heterocycles. The maximum atomic E-state index is 13.3. The molecule has 0 unspecified atom stereocenters. The first kappa shape index (κ1) is 21.7. The Morgan fingerprint density at radius 3 is 2.23 bits per heavy atom. The van der Waals surface area contributed by atoms with Crippen molar-refractivity contribution in [2.24, 2.45) is 0 Å². The van der Waals surface area contributed by atoms with Gasteiger partial charge in [0, 0.05) is 12.2 Å². The first-order valence-corrected chi connectivity index (χ1v) is 10.9. The zero-order chi connectivity index (χ0) is 21.7. The van der Waals surface area contributed by atoms with Gasteiger partial charge in [0.15, 0.2) is 0 Å². The molecule has 0 fully saturated rings. The van der Waals surface area contributed by atoms with Crippen LogP contribution in [-0.4, -0.2) is 25.2 Å². The van der Waals surface area contributed by atoms with Gasteiger partial charge in [-0.3, -0.25) is 4.79 Å². The molecule has 1 N–H and O–H groups in total. The Balaban J connectivity index is 1.87. The molecule has 0 aliphatic heterocycles. The molecule has 0 saturated carbocycles. The largest absolute Gasteiger partial charge is 0.325 e. The van der Waals surface area contributed by atoms with Gasteiger partial charge < -0.3 is 5.32 Å². The van der Waals surface area contributed by atoms with Crippen LogP contribution >= 0.6 is 0 Å². The predicted molar refractivity (Wildman–Crippen MR) is 115 cm³/mol. The topological polar surface area (TPSA) is 66.5 Å². The van der Waals surface area contributed by atoms with E-state index in [1.165, 1.54) is 36.4 Å². The number of amides is 1. The van der Waals surface area contributed by atoms with Crippen LogP contribution in [0.15, 0.2) is 77.7 Å². The van der Waals surface area contributed by atoms with Crippen molar-refractivity contribution < 1.29 is 17.6 Å². The van der Waals surface area contributed by atoms with Crippen molar-refractivity contribution in [1.29, 1.82) is 0 Å². The SMILES string of the molecule is Cc1ccc(S(=O)(=O)N(CC(=O)Nc2ccc(F)cc2)Cc2cccc(C)c2)cc1. The molecule has 3 aromatic carbocycles. The normalized spacial score (nSPS) is 11.5. The number of benzene rings is 3. The minimum Gasteiger partial charge on any atom is -0.325 e. The number of carbonyl (C=O) groups is 1. The highest BCUT2D eigenvalue weighted by atomic mass is 32.2. The average molecular weight is 427 g/mol. The quantitative estimate of drug-likeness (QED) is 0.614. The molecular weight excluding hydrogens is 403 g/mol. The number of hydrogen-bond donors (Lipinski definition) is 1. The summed E-state index contributed by atoms with van der Waals surface area (Å²) >= 11 is 0. The lowest BCUT2D eigenvalue weighted by atomic mass is 10.1. The molecule has 7 heteroatoms. The van der Waals surface area contributed by atoms with Gasteiger partial charge in [0.1, 0.15) is 5.82 Å². The van der Waals surface area contributed by atoms with Crippen LogP contribution in [0.4, 0.5) is 10.1 Å². The van der Waals surface area contributed by atoms with E-state index < -0.39 is 21.7 Å². The van der Waals surface area contributed by atoms with E-state index in [1.807, 2.05) is 38.1 Å². The Labute approximate surface area is 176 Å². The molecule has 3 rings (SSSR count). The smallest absolute Gasteiger partial charge is 0.243 e. The summed E-state index contributed by atoms with van der Waals surface area (Å²) in [6, 6.07) is 19.3. The lowest BCUT2D eigenvalue weighted by Crippen LogP contribution is -2.37. The molecule has 0 bridgehead atoms. The van der Waals surface area contributed by atoms with Crippen LogP contribution < -0.4 is 5.32 Å². The molecule has 5 nitrogen and oxygen atoms in total. The molecule has 0 radical (unpaired) electrons. The van der Waals surface area contributed by atoms with E-state index in [9.17, 15) is 17.6 Å². The van der Waals surface area contributed by atoms with Crippen molar-refractivity contribution in [2.75, 3.05) is 11.9 Å². The van der Waals surface area contributed by atoms with Crippen molar-refractivity contribution in [3.8, 4) is 0 Å². The van der Waals surface area contributed by atoms with Gasteiger partial charge in [-0.05, 0) is 55.8 Å². The monoisotopic (exact) mass is 426 g/mol. The van der Waals surface area contributed by atoms with E-state index in [1.54, 1.807) is 12.1 Å². The van der Waals surface area contributed by atoms with E-state index >= 15 is 0 Å². The summed E-state index contributed by atoms with van der Waals surface area (Å²) < 4.78 is 40.7. The van der Waals surface area contributed by atoms with Gasteiger partial charge in [0.25, 0.3) is 0 Å². The summed E-state index contributed by atoms with van der Waals surface area (Å²) in [5.41, 5.74) is 3.11. The molecule has 1 amide bonds. The maximum absolute atomic E-state index is 13.3. The third-order valence-corrected chi connectivity index (χ3v) is 6.35. The molecule has 0 heterocycles. The standard InChI is InChI=1S/C23H23FN2O3S/c1-17-6-12-22(13-7-17)30(28,29)26(15-19-5-3-4-18(2)14-19)16-23(27)25-21-10-8-20(24)9-11-21/h3-14H,15-16H2,1-2H3,(H,25,27). The van der Waals surface area contributed by atoms with Crippen LogP contribution in [0.25, 0.3) is 0 Å². The molecule has 0 atom stereocenters. The van der Waals surface area contributed by atoms with Gasteiger partial charge in [-0.1, -0.05) is 47.5 Å². The lowest BCUT2D eigenvalue weighted by molar-refractivity contribution is -0.116. The Kier molecular flexibility index (Phi) is 6.64. The number of rotatable bonds is 7. The summed E-state index contributed by atoms with van der Waals surface area (Å²) in [4.78, 5) is 12.7. The van der Waals surface area contributed by atoms with Gasteiger partial charge in [-0.2, -0.15) is 4.31 Å². The minimum atomic E-state index is -3.91. The van der Waals surface area contributed by atoms with Crippen molar-refractivity contribution in [3.05, 3.63) is 95.3 Å². The summed E-state index contributed by atoms with van der Waals surface area (Å²) in [6.45, 7) is 3.47. The second-order valence-electron chi connectivity index (χ2n) is 7.13. The van der Waals surface area contributed by atoms with E-state index in [0.29, 0.717) is 5.69 Å². The molecule has 0 aliphatic rings. The maximum Gasteiger partial charge on any atom is 0.243 e. The highest BCUT2D eigenvalue weighted by Crippen LogP contribution is 2.20. The number of nitrogens with one attached hydrogen (secondary N) is 1. The van der Waals surface area contributed by atoms with Crippen molar-refractivity contribution >= 4 is 21.6 Å². The first-order chi connectivity index (χ1) is 14.2. The first-order valence-electron chi connectivity index (χ1n) is 9.42. The fourth-order valence-corrected chi connectivity index (χ4v) is 4.38. The number of halogens is 1. The number of nitrogens with zero attached hydrogens (tertiary/aromatic N) is 1. The average Bonchev–Trinajstić information content (AvgIpc) is 2.69. The van der Waals surface area contributed by atoms with Gasteiger partial charge in [-0.15, -0.1) is 0 Å². The molecule has 156 valence electrons. The van der Waals surface area contributed by atoms with Crippen LogP contribution in [0.1, 0.15) is 16.7 Å². The summed E-state index contributed by atoms with van der Waals surface area (Å²) in [7, 11) is -3.91. The lowest BCUT2D eigenvalue weighted by Gasteiger charge is -2.22. The van der Waals surface area contributed by atoms with E-state index in [2.05, 4.69) is 5.32 Å². The Morgan fingerprint density at radius 1 is 0.933 bits per heavy atom. The summed E-state index contributed by atoms with van der Waals surface area (Å²) in [5, 5.41) is 2.62. The summed E-state index contributed by atoms with van der Waals surface area (Å²) in [6.07, 6.45) is 0. The zero-order valence-corrected chi connectivity index (χ0v) is 17.6. The van der Waals surface area contributed by atoms with Crippen molar-refractivity contribution in [3.63, 3.8) is 0 Å². The highest BCUT2D eigenvalue weighted by Gasteiger charge is 2.27. The zero-order valence-electron chi connectivity index (χ0n) is 16.8. The second kappa shape index (κ2) is 9.19. The molecule has 0 aliphatic carbocycles. The highest BCUT2D eigenvalue weighted by molar-refractivity contribution is 7.89. The number of sulfonamides is 1. The van der Waals surface area contributed by atoms with Crippen LogP contribution in [0, 0.1) is 19.7 Å². The van der Waals surface area contributed by atoms with E-state index in [0.717, 1.165) is 21.0 Å². The predicted octanol–water partition coefficient (Wildman–Crippen LogP) is 4.27. The van der Waals surface area contributed by atoms with Gasteiger partial charge in [0.2, 0.25) is 15.9 Å². The van der Waals surface area contributed by atoms with Crippen LogP contribution in [0.2, 0.25) is 0 Å². The Morgan fingerprint density at radius 2 is 1.60 bits per heavy atom. The van der Waals surface area contributed by atoms with Crippen LogP contribution in [0.5, 0.6) is 0 Å². The third kappa shape index (κ3) is 5.52. The fourth-order valence-electron chi connectivity index (χ4n) is 2.99. The number of anilines is 1. The molecular formula is C23H23FN2O3S. The van der Waals surface area contributed by atoms with E-state index in [4.69, 9.17) is 0 Å². The minimum absolute atomic E-state index is 0.0503. The second-order valence-corrected chi connectivity index (χ2v) is 9.07. The number of hydrogen-bond acceptors (Lipinski definition) is 3. The van der Waals surface area contributed by atoms with Crippen LogP contribution in [0.3, 0.4) is 0 Å². The van der Waals surface area contributed by atoms with Gasteiger partial charge in [-0.25, -0.2) is 12.8 Å². The molecule has 0 spiro atoms. The Hall–Kier alpha value is -3.03. The van der Waals surface area contributed by atoms with Crippen molar-refractivity contribution in [1.82, 2.24) is 4.31 Å². The van der Waals surface area contributed by atoms with Crippen LogP contribution in [-0.2, 0) is 21.4 Å². The van der Waals surface area contributed by atoms with Crippen molar-refractivity contribution in [2.45, 2.75) is 25.3 Å².